The second-order valence-corrected chi connectivity index (χ2v) is 20.2. The Balaban J connectivity index is 0.000000387. The third kappa shape index (κ3) is 6.41. The Morgan fingerprint density at radius 2 is 1.44 bits per heavy atom. The Labute approximate surface area is 162 Å². The molecule has 0 aliphatic carbocycles. The molecule has 1 atom stereocenters. The molecule has 0 N–H and O–H groups in total. The summed E-state index contributed by atoms with van der Waals surface area (Å²) in [6, 6.07) is 11.1. The first-order chi connectivity index (χ1) is 11.8. The molecule has 2 rings (SSSR count). The zero-order valence-corrected chi connectivity index (χ0v) is 19.5. The van der Waals surface area contributed by atoms with E-state index < -0.39 is 31.0 Å². The largest absolute Gasteiger partial charge is 0.741 e. The third-order valence-corrected chi connectivity index (χ3v) is 14.0. The fraction of sp³-hybridized carbons (Fsp3) is 0.556. The van der Waals surface area contributed by atoms with Gasteiger partial charge in [-0.1, -0.05) is 70.7 Å². The zero-order valence-electron chi connectivity index (χ0n) is 16.8. The van der Waals surface area contributed by atoms with Crippen LogP contribution in [0.3, 0.4) is 0 Å². The van der Waals surface area contributed by atoms with E-state index >= 15 is 0 Å². The first-order valence-electron chi connectivity index (χ1n) is 8.50. The van der Waals surface area contributed by atoms with Gasteiger partial charge < -0.3 is 4.55 Å². The molecule has 1 unspecified atom stereocenters. The molecule has 0 fully saturated rings. The minimum Gasteiger partial charge on any atom is -0.741 e. The molecule has 1 aromatic carbocycles. The average Bonchev–Trinajstić information content (AvgIpc) is 3.01. The summed E-state index contributed by atoms with van der Waals surface area (Å²) in [5, 5.41) is 3.54. The lowest BCUT2D eigenvalue weighted by Crippen LogP contribution is -2.26. The van der Waals surface area contributed by atoms with Crippen molar-refractivity contribution in [3.8, 4) is 0 Å². The van der Waals surface area contributed by atoms with Gasteiger partial charge in [0.1, 0.15) is 10.6 Å². The molecule has 0 saturated carbocycles. The maximum atomic E-state index is 10.7. The molecule has 1 aliphatic rings. The van der Waals surface area contributed by atoms with Crippen LogP contribution in [0.2, 0.25) is 19.6 Å². The second-order valence-electron chi connectivity index (χ2n) is 9.12. The van der Waals surface area contributed by atoms with Gasteiger partial charge in [0.2, 0.25) is 0 Å². The van der Waals surface area contributed by atoms with Gasteiger partial charge >= 0.3 is 5.51 Å². The van der Waals surface area contributed by atoms with Crippen LogP contribution >= 0.6 is 7.26 Å². The van der Waals surface area contributed by atoms with E-state index in [9.17, 15) is 13.2 Å². The Kier molecular flexibility index (Phi) is 6.87. The van der Waals surface area contributed by atoms with Gasteiger partial charge in [0, 0.05) is 11.0 Å². The van der Waals surface area contributed by atoms with E-state index in [1.807, 2.05) is 0 Å². The maximum absolute atomic E-state index is 10.7. The summed E-state index contributed by atoms with van der Waals surface area (Å²) >= 11 is 0. The zero-order chi connectivity index (χ0) is 21.5. The predicted molar refractivity (Wildman–Crippen MR) is 110 cm³/mol. The monoisotopic (exact) mass is 440 g/mol. The molecule has 1 aliphatic heterocycles. The summed E-state index contributed by atoms with van der Waals surface area (Å²) in [7, 11) is -8.06. The molecule has 1 aromatic rings. The summed E-state index contributed by atoms with van der Waals surface area (Å²) < 4.78 is 58.9. The number of hydrogen-bond donors (Lipinski definition) is 0. The first kappa shape index (κ1) is 24.3. The summed E-state index contributed by atoms with van der Waals surface area (Å²) in [5.41, 5.74) is -3.82. The van der Waals surface area contributed by atoms with Crippen molar-refractivity contribution in [1.29, 1.82) is 0 Å². The molecule has 154 valence electrons. The van der Waals surface area contributed by atoms with Crippen molar-refractivity contribution in [1.82, 2.24) is 0 Å². The Morgan fingerprint density at radius 1 is 1.04 bits per heavy atom. The van der Waals surface area contributed by atoms with Crippen molar-refractivity contribution >= 4 is 30.8 Å². The number of allylic oxidation sites excluding steroid dienone is 1. The number of rotatable bonds is 3. The van der Waals surface area contributed by atoms with Crippen molar-refractivity contribution in [3.63, 3.8) is 0 Å². The van der Waals surface area contributed by atoms with Crippen molar-refractivity contribution < 1.29 is 26.1 Å². The highest BCUT2D eigenvalue weighted by Gasteiger charge is 2.65. The molecule has 0 radical (unpaired) electrons. The van der Waals surface area contributed by atoms with Crippen LogP contribution in [0, 0.1) is 5.41 Å². The van der Waals surface area contributed by atoms with Gasteiger partial charge in [-0.25, -0.2) is 8.42 Å². The van der Waals surface area contributed by atoms with Crippen LogP contribution in [0.25, 0.3) is 5.31 Å². The molecule has 3 nitrogen and oxygen atoms in total. The first-order valence-corrected chi connectivity index (χ1v) is 16.0. The van der Waals surface area contributed by atoms with E-state index in [-0.39, 0.29) is 0 Å². The Hall–Kier alpha value is -0.693. The number of hydrogen-bond acceptors (Lipinski definition) is 3. The van der Waals surface area contributed by atoms with E-state index in [4.69, 9.17) is 13.0 Å². The van der Waals surface area contributed by atoms with E-state index in [0.717, 1.165) is 0 Å². The Morgan fingerprint density at radius 3 is 1.74 bits per heavy atom. The van der Waals surface area contributed by atoms with Crippen LogP contribution in [-0.2, 0) is 10.1 Å². The van der Waals surface area contributed by atoms with Gasteiger partial charge in [-0.15, -0.1) is 0 Å². The molecule has 0 spiro atoms. The fourth-order valence-corrected chi connectivity index (χ4v) is 16.3. The van der Waals surface area contributed by atoms with Gasteiger partial charge in [-0.3, -0.25) is 0 Å². The highest BCUT2D eigenvalue weighted by Crippen LogP contribution is 2.91. The average molecular weight is 441 g/mol. The summed E-state index contributed by atoms with van der Waals surface area (Å²) in [5.74, 6) is 1.48. The van der Waals surface area contributed by atoms with Crippen molar-refractivity contribution in [3.05, 3.63) is 41.2 Å². The molecule has 1 heterocycles. The predicted octanol–water partition coefficient (Wildman–Crippen LogP) is 5.99. The Bertz CT molecular complexity index is 807. The molecular formula is C18H28F3O3PSSi. The molecule has 9 heteroatoms. The van der Waals surface area contributed by atoms with Crippen LogP contribution in [0.5, 0.6) is 0 Å². The van der Waals surface area contributed by atoms with E-state index in [0.29, 0.717) is 5.41 Å². The van der Waals surface area contributed by atoms with Crippen LogP contribution in [-0.4, -0.2) is 39.0 Å². The standard InChI is InChI=1S/C17H28PSi.CHF3O3S/c1-17(2,3)16-15(14-11-9-8-10-12-14)18(16,4)13-19(5,6)7;2-1(3,4)8(5,6)7/h8-12H,13H2,1-7H3;(H,5,6,7)/q+1;/p-1. The highest BCUT2D eigenvalue weighted by atomic mass is 32.2. The van der Waals surface area contributed by atoms with Crippen LogP contribution in [0.4, 0.5) is 13.2 Å². The number of alkyl halides is 3. The van der Waals surface area contributed by atoms with E-state index in [1.165, 1.54) is 11.3 Å². The lowest BCUT2D eigenvalue weighted by Gasteiger charge is -2.21. The lowest BCUT2D eigenvalue weighted by atomic mass is 9.95. The third-order valence-electron chi connectivity index (χ3n) is 3.99. The number of halogens is 3. The van der Waals surface area contributed by atoms with Gasteiger partial charge in [0.15, 0.2) is 10.1 Å². The summed E-state index contributed by atoms with van der Waals surface area (Å²) in [4.78, 5) is 0. The molecular weight excluding hydrogens is 412 g/mol. The van der Waals surface area contributed by atoms with Crippen LogP contribution in [0.15, 0.2) is 35.6 Å². The van der Waals surface area contributed by atoms with Gasteiger partial charge in [-0.05, 0) is 0 Å². The topological polar surface area (TPSA) is 57.2 Å². The van der Waals surface area contributed by atoms with E-state index in [2.05, 4.69) is 77.4 Å². The summed E-state index contributed by atoms with van der Waals surface area (Å²) in [6.07, 6.45) is 0. The quantitative estimate of drug-likeness (QED) is 0.251. The molecule has 0 bridgehead atoms. The van der Waals surface area contributed by atoms with Crippen LogP contribution in [0.1, 0.15) is 26.3 Å². The van der Waals surface area contributed by atoms with Crippen molar-refractivity contribution in [2.24, 2.45) is 5.41 Å². The molecule has 0 amide bonds. The minimum atomic E-state index is -6.09. The lowest BCUT2D eigenvalue weighted by molar-refractivity contribution is -0.0517. The molecule has 0 saturated heterocycles. The number of benzene rings is 1. The fourth-order valence-electron chi connectivity index (χ4n) is 3.58. The van der Waals surface area contributed by atoms with E-state index in [1.54, 1.807) is 10.6 Å². The van der Waals surface area contributed by atoms with Crippen LogP contribution < -0.4 is 0 Å². The van der Waals surface area contributed by atoms with Gasteiger partial charge in [0.05, 0.1) is 27.8 Å². The summed E-state index contributed by atoms with van der Waals surface area (Å²) in [6.45, 7) is 17.3. The van der Waals surface area contributed by atoms with Gasteiger partial charge in [-0.2, -0.15) is 13.2 Å². The molecule has 0 aromatic heterocycles. The smallest absolute Gasteiger partial charge is 0.485 e. The minimum absolute atomic E-state index is 0.341. The highest BCUT2D eigenvalue weighted by molar-refractivity contribution is 7.98. The maximum Gasteiger partial charge on any atom is 0.485 e. The van der Waals surface area contributed by atoms with Crippen molar-refractivity contribution in [2.45, 2.75) is 45.9 Å². The normalized spacial score (nSPS) is 20.9. The van der Waals surface area contributed by atoms with Crippen molar-refractivity contribution in [2.75, 3.05) is 12.5 Å². The SMILES string of the molecule is CC(C)(C)C1=C(c2ccccc2)[P+]1(C)C[Si](C)(C)C.O=S(=O)([O-])C(F)(F)F. The second kappa shape index (κ2) is 7.62. The molecule has 27 heavy (non-hydrogen) atoms. The van der Waals surface area contributed by atoms with Gasteiger partial charge in [0.25, 0.3) is 0 Å².